The van der Waals surface area contributed by atoms with Crippen molar-refractivity contribution in [2.75, 3.05) is 0 Å². The van der Waals surface area contributed by atoms with Gasteiger partial charge in [-0.05, 0) is 20.8 Å². The molecule has 0 rings (SSSR count). The second-order valence-electron chi connectivity index (χ2n) is 5.87. The zero-order valence-corrected chi connectivity index (χ0v) is 10.7. The Balaban J connectivity index is 5.26. The molecule has 0 saturated heterocycles. The van der Waals surface area contributed by atoms with Gasteiger partial charge in [0.05, 0.1) is 0 Å². The molecule has 0 aromatic carbocycles. The van der Waals surface area contributed by atoms with Gasteiger partial charge in [0.25, 0.3) is 0 Å². The van der Waals surface area contributed by atoms with Crippen LogP contribution in [0.5, 0.6) is 0 Å². The van der Waals surface area contributed by atoms with Crippen molar-refractivity contribution >= 4 is 11.9 Å². The maximum Gasteiger partial charge on any atom is 0.338 e. The summed E-state index contributed by atoms with van der Waals surface area (Å²) in [7, 11) is 0. The zero-order chi connectivity index (χ0) is 13.4. The van der Waals surface area contributed by atoms with E-state index in [0.29, 0.717) is 0 Å². The Hall–Kier alpha value is -1.10. The van der Waals surface area contributed by atoms with E-state index >= 15 is 0 Å². The third kappa shape index (κ3) is 2.95. The third-order valence-corrected chi connectivity index (χ3v) is 2.24. The highest BCUT2D eigenvalue weighted by Crippen LogP contribution is 2.31. The van der Waals surface area contributed by atoms with E-state index in [1.165, 1.54) is 0 Å². The Morgan fingerprint density at radius 3 is 1.62 bits per heavy atom. The maximum absolute atomic E-state index is 11.8. The minimum atomic E-state index is -2.04. The molecule has 3 N–H and O–H groups in total. The number of ether oxygens (including phenoxy) is 1. The van der Waals surface area contributed by atoms with Crippen LogP contribution in [0.3, 0.4) is 0 Å². The molecule has 0 bridgehead atoms. The number of nitrogens with two attached hydrogens (primary N) is 1. The summed E-state index contributed by atoms with van der Waals surface area (Å²) in [6.45, 7) is 9.75. The Morgan fingerprint density at radius 1 is 1.06 bits per heavy atom. The number of hydrogen-bond acceptors (Lipinski definition) is 4. The van der Waals surface area contributed by atoms with Crippen LogP contribution < -0.4 is 5.73 Å². The minimum absolute atomic E-state index is 0.762. The predicted octanol–water partition coefficient (Wildman–Crippen LogP) is 1.16. The van der Waals surface area contributed by atoms with Gasteiger partial charge in [-0.15, -0.1) is 0 Å². The number of hydrogen-bond donors (Lipinski definition) is 2. The molecule has 0 unspecified atom stereocenters. The predicted molar refractivity (Wildman–Crippen MR) is 59.9 cm³/mol. The van der Waals surface area contributed by atoms with Crippen molar-refractivity contribution in [1.29, 1.82) is 0 Å². The highest BCUT2D eigenvalue weighted by molar-refractivity contribution is 6.04. The molecule has 0 aliphatic rings. The van der Waals surface area contributed by atoms with Crippen LogP contribution in [0.25, 0.3) is 0 Å². The van der Waals surface area contributed by atoms with Gasteiger partial charge in [-0.25, -0.2) is 9.59 Å². The van der Waals surface area contributed by atoms with Gasteiger partial charge in [0.15, 0.2) is 0 Å². The topological polar surface area (TPSA) is 89.6 Å². The lowest BCUT2D eigenvalue weighted by molar-refractivity contribution is -0.174. The molecule has 0 fully saturated rings. The molecule has 0 radical (unpaired) electrons. The number of carbonyl (C=O) groups is 2. The maximum atomic E-state index is 11.8. The first-order chi connectivity index (χ1) is 6.82. The van der Waals surface area contributed by atoms with Crippen LogP contribution in [0.4, 0.5) is 0 Å². The van der Waals surface area contributed by atoms with Crippen molar-refractivity contribution in [3.05, 3.63) is 0 Å². The van der Waals surface area contributed by atoms with Crippen LogP contribution in [0, 0.1) is 5.41 Å². The monoisotopic (exact) mass is 231 g/mol. The lowest BCUT2D eigenvalue weighted by atomic mass is 9.74. The first-order valence-electron chi connectivity index (χ1n) is 5.08. The smallest absolute Gasteiger partial charge is 0.338 e. The average Bonchev–Trinajstić information content (AvgIpc) is 1.96. The summed E-state index contributed by atoms with van der Waals surface area (Å²) in [6.07, 6.45) is 0. The fraction of sp³-hybridized carbons (Fsp3) is 0.818. The fourth-order valence-corrected chi connectivity index (χ4v) is 1.07. The Bertz CT molecular complexity index is 298. The van der Waals surface area contributed by atoms with E-state index in [9.17, 15) is 9.59 Å². The van der Waals surface area contributed by atoms with Crippen molar-refractivity contribution in [3.8, 4) is 0 Å². The molecular formula is C11H21NO4. The molecule has 5 nitrogen and oxygen atoms in total. The van der Waals surface area contributed by atoms with Crippen molar-refractivity contribution in [2.45, 2.75) is 52.7 Å². The second-order valence-corrected chi connectivity index (χ2v) is 5.87. The van der Waals surface area contributed by atoms with E-state index in [-0.39, 0.29) is 0 Å². The van der Waals surface area contributed by atoms with Crippen LogP contribution in [0.1, 0.15) is 41.5 Å². The van der Waals surface area contributed by atoms with Gasteiger partial charge in [-0.1, -0.05) is 20.8 Å². The van der Waals surface area contributed by atoms with E-state index in [0.717, 1.165) is 0 Å². The van der Waals surface area contributed by atoms with E-state index in [4.69, 9.17) is 15.6 Å². The van der Waals surface area contributed by atoms with Gasteiger partial charge in [-0.2, -0.15) is 0 Å². The van der Waals surface area contributed by atoms with Gasteiger partial charge >= 0.3 is 11.9 Å². The largest absolute Gasteiger partial charge is 0.479 e. The van der Waals surface area contributed by atoms with Crippen LogP contribution in [0.15, 0.2) is 0 Å². The summed E-state index contributed by atoms with van der Waals surface area (Å²) in [5.41, 5.74) is 1.96. The Morgan fingerprint density at radius 2 is 1.44 bits per heavy atom. The van der Waals surface area contributed by atoms with E-state index in [1.54, 1.807) is 41.5 Å². The summed E-state index contributed by atoms with van der Waals surface area (Å²) in [4.78, 5) is 23.0. The number of carboxylic acids is 1. The molecule has 0 amide bonds. The lowest BCUT2D eigenvalue weighted by Gasteiger charge is -2.37. The highest BCUT2D eigenvalue weighted by atomic mass is 16.6. The van der Waals surface area contributed by atoms with Crippen molar-refractivity contribution in [2.24, 2.45) is 11.1 Å². The third-order valence-electron chi connectivity index (χ3n) is 2.24. The number of rotatable bonds is 2. The van der Waals surface area contributed by atoms with Gasteiger partial charge in [0, 0.05) is 5.41 Å². The van der Waals surface area contributed by atoms with Crippen LogP contribution >= 0.6 is 0 Å². The molecule has 16 heavy (non-hydrogen) atoms. The molecule has 0 aromatic rings. The Labute approximate surface area is 96.0 Å². The summed E-state index contributed by atoms with van der Waals surface area (Å²) in [5, 5.41) is 9.11. The minimum Gasteiger partial charge on any atom is -0.479 e. The first kappa shape index (κ1) is 14.9. The molecular weight excluding hydrogens is 210 g/mol. The molecule has 94 valence electrons. The second kappa shape index (κ2) is 4.05. The fourth-order valence-electron chi connectivity index (χ4n) is 1.07. The summed E-state index contributed by atoms with van der Waals surface area (Å²) in [5.74, 6) is -2.30. The van der Waals surface area contributed by atoms with Crippen molar-refractivity contribution < 1.29 is 19.4 Å². The number of carboxylic acid groups (broad SMARTS) is 1. The number of aliphatic carboxylic acids is 1. The van der Waals surface area contributed by atoms with Gasteiger partial charge in [0.1, 0.15) is 5.60 Å². The van der Waals surface area contributed by atoms with E-state index in [2.05, 4.69) is 0 Å². The van der Waals surface area contributed by atoms with Gasteiger partial charge < -0.3 is 15.6 Å². The molecule has 1 atom stereocenters. The van der Waals surface area contributed by atoms with Crippen LogP contribution in [0.2, 0.25) is 0 Å². The van der Waals surface area contributed by atoms with Crippen molar-refractivity contribution in [1.82, 2.24) is 0 Å². The van der Waals surface area contributed by atoms with Crippen LogP contribution in [-0.2, 0) is 14.3 Å². The molecule has 0 saturated carbocycles. The summed E-state index contributed by atoms with van der Waals surface area (Å²) >= 11 is 0. The van der Waals surface area contributed by atoms with Gasteiger partial charge in [-0.3, -0.25) is 0 Å². The number of esters is 1. The molecule has 0 aliphatic carbocycles. The van der Waals surface area contributed by atoms with Crippen molar-refractivity contribution in [3.63, 3.8) is 0 Å². The van der Waals surface area contributed by atoms with E-state index in [1.807, 2.05) is 0 Å². The first-order valence-corrected chi connectivity index (χ1v) is 5.08. The Kier molecular flexibility index (Phi) is 3.77. The molecule has 0 spiro atoms. The molecule has 0 heterocycles. The quantitative estimate of drug-likeness (QED) is 0.549. The highest BCUT2D eigenvalue weighted by Gasteiger charge is 2.54. The molecule has 5 heteroatoms. The normalized spacial score (nSPS) is 16.4. The van der Waals surface area contributed by atoms with Crippen LogP contribution in [-0.4, -0.2) is 28.2 Å². The average molecular weight is 231 g/mol. The molecule has 0 aromatic heterocycles. The molecule has 0 aliphatic heterocycles. The zero-order valence-electron chi connectivity index (χ0n) is 10.7. The number of carbonyl (C=O) groups excluding carboxylic acids is 1. The SMILES string of the molecule is CC(C)(C)OC(=O)[C@](N)(C(=O)O)C(C)(C)C. The standard InChI is InChI=1S/C11H21NO4/c1-9(2,3)11(12,7(13)14)8(15)16-10(4,5)6/h12H2,1-6H3,(H,13,14)/t11-/m1/s1. The van der Waals surface area contributed by atoms with Gasteiger partial charge in [0.2, 0.25) is 5.54 Å². The lowest BCUT2D eigenvalue weighted by Crippen LogP contribution is -2.64. The van der Waals surface area contributed by atoms with E-state index < -0.39 is 28.5 Å². The summed E-state index contributed by atoms with van der Waals surface area (Å²) in [6, 6.07) is 0. The summed E-state index contributed by atoms with van der Waals surface area (Å²) < 4.78 is 5.05.